The second kappa shape index (κ2) is 7.39. The Hall–Kier alpha value is -1.42. The van der Waals surface area contributed by atoms with Crippen molar-refractivity contribution in [2.75, 3.05) is 6.54 Å². The van der Waals surface area contributed by atoms with Gasteiger partial charge in [-0.15, -0.1) is 0 Å². The van der Waals surface area contributed by atoms with Crippen LogP contribution in [0.3, 0.4) is 0 Å². The van der Waals surface area contributed by atoms with Gasteiger partial charge in [0.1, 0.15) is 11.0 Å². The van der Waals surface area contributed by atoms with Crippen molar-refractivity contribution in [3.63, 3.8) is 0 Å². The normalized spacial score (nSPS) is 12.9. The van der Waals surface area contributed by atoms with E-state index >= 15 is 0 Å². The van der Waals surface area contributed by atoms with Crippen molar-refractivity contribution in [1.29, 1.82) is 5.26 Å². The number of nitrogens with one attached hydrogen (secondary N) is 1. The molecule has 1 aromatic rings. The molecule has 1 aromatic carbocycles. The summed E-state index contributed by atoms with van der Waals surface area (Å²) in [6.45, 7) is 4.00. The van der Waals surface area contributed by atoms with Gasteiger partial charge in [-0.2, -0.15) is 5.26 Å². The molecule has 0 spiro atoms. The van der Waals surface area contributed by atoms with Crippen LogP contribution < -0.4 is 10.5 Å². The monoisotopic (exact) mass is 295 g/mol. The molecule has 0 saturated heterocycles. The summed E-state index contributed by atoms with van der Waals surface area (Å²) in [5.41, 5.74) is 6.44. The van der Waals surface area contributed by atoms with E-state index in [1.165, 1.54) is 6.07 Å². The van der Waals surface area contributed by atoms with E-state index in [2.05, 4.69) is 4.72 Å². The number of hydrogen-bond acceptors (Lipinski definition) is 4. The van der Waals surface area contributed by atoms with Gasteiger partial charge in [0.25, 0.3) is 0 Å². The van der Waals surface area contributed by atoms with Crippen LogP contribution in [0.1, 0.15) is 37.3 Å². The third-order valence-electron chi connectivity index (χ3n) is 3.15. The minimum Gasteiger partial charge on any atom is -0.329 e. The van der Waals surface area contributed by atoms with Gasteiger partial charge >= 0.3 is 0 Å². The van der Waals surface area contributed by atoms with Gasteiger partial charge in [-0.3, -0.25) is 0 Å². The summed E-state index contributed by atoms with van der Waals surface area (Å²) in [7, 11) is -3.72. The minimum absolute atomic E-state index is 0.0231. The molecule has 20 heavy (non-hydrogen) atoms. The minimum atomic E-state index is -3.72. The van der Waals surface area contributed by atoms with Crippen LogP contribution in [0.15, 0.2) is 23.1 Å². The van der Waals surface area contributed by atoms with E-state index in [0.29, 0.717) is 12.0 Å². The van der Waals surface area contributed by atoms with Crippen LogP contribution in [0.4, 0.5) is 0 Å². The Bertz CT molecular complexity index is 591. The van der Waals surface area contributed by atoms with Crippen LogP contribution in [0.25, 0.3) is 0 Å². The van der Waals surface area contributed by atoms with Crippen LogP contribution in [0.5, 0.6) is 0 Å². The number of aryl methyl sites for hydroxylation is 1. The molecule has 5 nitrogen and oxygen atoms in total. The second-order valence-corrected chi connectivity index (χ2v) is 6.44. The Kier molecular flexibility index (Phi) is 6.14. The number of unbranched alkanes of at least 4 members (excludes halogenated alkanes) is 1. The lowest BCUT2D eigenvalue weighted by Gasteiger charge is -2.17. The molecule has 1 atom stereocenters. The molecule has 6 heteroatoms. The first-order valence-corrected chi connectivity index (χ1v) is 8.16. The molecule has 0 amide bonds. The lowest BCUT2D eigenvalue weighted by atomic mass is 10.1. The maximum absolute atomic E-state index is 12.4. The number of benzene rings is 1. The van der Waals surface area contributed by atoms with Crippen molar-refractivity contribution in [3.05, 3.63) is 29.3 Å². The largest absolute Gasteiger partial charge is 0.329 e. The van der Waals surface area contributed by atoms with Crippen molar-refractivity contribution >= 4 is 10.0 Å². The van der Waals surface area contributed by atoms with Gasteiger partial charge < -0.3 is 5.73 Å². The summed E-state index contributed by atoms with van der Waals surface area (Å²) < 4.78 is 27.3. The average molecular weight is 295 g/mol. The Morgan fingerprint density at radius 3 is 2.70 bits per heavy atom. The van der Waals surface area contributed by atoms with Crippen molar-refractivity contribution in [3.8, 4) is 6.07 Å². The van der Waals surface area contributed by atoms with E-state index in [0.717, 1.165) is 12.8 Å². The van der Waals surface area contributed by atoms with Crippen LogP contribution >= 0.6 is 0 Å². The Labute approximate surface area is 120 Å². The molecule has 110 valence electrons. The lowest BCUT2D eigenvalue weighted by molar-refractivity contribution is 0.516. The van der Waals surface area contributed by atoms with Gasteiger partial charge in [0.15, 0.2) is 0 Å². The molecule has 0 bridgehead atoms. The Morgan fingerprint density at radius 2 is 2.15 bits per heavy atom. The molecule has 1 rings (SSSR count). The van der Waals surface area contributed by atoms with Gasteiger partial charge in [-0.25, -0.2) is 13.1 Å². The fourth-order valence-corrected chi connectivity index (χ4v) is 3.48. The Morgan fingerprint density at radius 1 is 1.45 bits per heavy atom. The number of nitriles is 1. The molecule has 0 aliphatic rings. The molecule has 0 saturated carbocycles. The molecule has 3 N–H and O–H groups in total. The number of nitrogens with zero attached hydrogens (tertiary/aromatic N) is 1. The zero-order chi connectivity index (χ0) is 15.2. The summed E-state index contributed by atoms with van der Waals surface area (Å²) in [6, 6.07) is 6.45. The van der Waals surface area contributed by atoms with E-state index in [-0.39, 0.29) is 23.0 Å². The van der Waals surface area contributed by atoms with Crippen molar-refractivity contribution in [2.24, 2.45) is 5.73 Å². The van der Waals surface area contributed by atoms with Crippen molar-refractivity contribution < 1.29 is 8.42 Å². The summed E-state index contributed by atoms with van der Waals surface area (Å²) in [6.07, 6.45) is 2.58. The predicted molar refractivity (Wildman–Crippen MR) is 78.6 cm³/mol. The fourth-order valence-electron chi connectivity index (χ4n) is 1.97. The highest BCUT2D eigenvalue weighted by Gasteiger charge is 2.22. The summed E-state index contributed by atoms with van der Waals surface area (Å²) in [5, 5.41) is 9.13. The number of nitrogens with two attached hydrogens (primary N) is 1. The Balaban J connectivity index is 3.06. The van der Waals surface area contributed by atoms with Crippen LogP contribution in [0.2, 0.25) is 0 Å². The van der Waals surface area contributed by atoms with Gasteiger partial charge in [0.2, 0.25) is 10.0 Å². The second-order valence-electron chi connectivity index (χ2n) is 4.76. The molecular formula is C14H21N3O2S. The summed E-state index contributed by atoms with van der Waals surface area (Å²) in [4.78, 5) is 0.0231. The van der Waals surface area contributed by atoms with Crippen LogP contribution in [0, 0.1) is 18.3 Å². The van der Waals surface area contributed by atoms with E-state index in [9.17, 15) is 8.42 Å². The molecule has 0 radical (unpaired) electrons. The summed E-state index contributed by atoms with van der Waals surface area (Å²) in [5.74, 6) is 0. The van der Waals surface area contributed by atoms with E-state index in [1.54, 1.807) is 19.1 Å². The summed E-state index contributed by atoms with van der Waals surface area (Å²) >= 11 is 0. The highest BCUT2D eigenvalue weighted by Crippen LogP contribution is 2.19. The molecule has 0 aliphatic heterocycles. The first-order valence-electron chi connectivity index (χ1n) is 6.68. The van der Waals surface area contributed by atoms with Crippen molar-refractivity contribution in [2.45, 2.75) is 44.0 Å². The number of hydrogen-bond donors (Lipinski definition) is 2. The first kappa shape index (κ1) is 16.6. The fraction of sp³-hybridized carbons (Fsp3) is 0.500. The maximum atomic E-state index is 12.4. The zero-order valence-electron chi connectivity index (χ0n) is 11.9. The van der Waals surface area contributed by atoms with Gasteiger partial charge in [-0.05, 0) is 25.0 Å². The lowest BCUT2D eigenvalue weighted by Crippen LogP contribution is -2.40. The highest BCUT2D eigenvalue weighted by molar-refractivity contribution is 7.89. The quantitative estimate of drug-likeness (QED) is 0.799. The highest BCUT2D eigenvalue weighted by atomic mass is 32.2. The molecule has 1 unspecified atom stereocenters. The molecule has 0 fully saturated rings. The van der Waals surface area contributed by atoms with E-state index < -0.39 is 10.0 Å². The SMILES string of the molecule is CCCCC(CN)NS(=O)(=O)c1cccc(C)c1C#N. The van der Waals surface area contributed by atoms with Crippen LogP contribution in [-0.2, 0) is 10.0 Å². The average Bonchev–Trinajstić information content (AvgIpc) is 2.43. The molecule has 0 heterocycles. The molecular weight excluding hydrogens is 274 g/mol. The van der Waals surface area contributed by atoms with Gasteiger partial charge in [0.05, 0.1) is 5.56 Å². The third kappa shape index (κ3) is 4.04. The number of sulfonamides is 1. The predicted octanol–water partition coefficient (Wildman–Crippen LogP) is 1.66. The van der Waals surface area contributed by atoms with E-state index in [1.807, 2.05) is 13.0 Å². The molecule has 0 aliphatic carbocycles. The van der Waals surface area contributed by atoms with Gasteiger partial charge in [-0.1, -0.05) is 31.9 Å². The third-order valence-corrected chi connectivity index (χ3v) is 4.71. The number of rotatable bonds is 7. The van der Waals surface area contributed by atoms with Crippen molar-refractivity contribution in [1.82, 2.24) is 4.72 Å². The van der Waals surface area contributed by atoms with Gasteiger partial charge in [0, 0.05) is 12.6 Å². The van der Waals surface area contributed by atoms with E-state index in [4.69, 9.17) is 11.0 Å². The zero-order valence-corrected chi connectivity index (χ0v) is 12.7. The maximum Gasteiger partial charge on any atom is 0.242 e. The first-order chi connectivity index (χ1) is 9.46. The topological polar surface area (TPSA) is 96.0 Å². The standard InChI is InChI=1S/C14H21N3O2S/c1-3-4-7-12(9-15)17-20(18,19)14-8-5-6-11(2)13(14)10-16/h5-6,8,12,17H,3-4,7,9,15H2,1-2H3. The molecule has 0 aromatic heterocycles. The smallest absolute Gasteiger partial charge is 0.242 e. The van der Waals surface area contributed by atoms with Crippen LogP contribution in [-0.4, -0.2) is 21.0 Å².